The SMILES string of the molecule is C#CCCCCCCCCOCc1ccc(C[NH2+]Cc2ccc(COCCCCCCCCC#C)cc2)cc1.F[P-](F)(F)(F)(F)F. The molecule has 2 rings (SSSR count). The van der Waals surface area contributed by atoms with Gasteiger partial charge in [-0.25, -0.2) is 0 Å². The van der Waals surface area contributed by atoms with Crippen LogP contribution >= 0.6 is 7.81 Å². The Morgan fingerprint density at radius 3 is 1.09 bits per heavy atom. The van der Waals surface area contributed by atoms with Crippen LogP contribution in [0.15, 0.2) is 48.5 Å². The van der Waals surface area contributed by atoms with Crippen LogP contribution in [0.2, 0.25) is 0 Å². The van der Waals surface area contributed by atoms with Gasteiger partial charge in [-0.2, -0.15) is 0 Å². The fraction of sp³-hybridized carbons (Fsp3) is 0.556. The van der Waals surface area contributed by atoms with Crippen LogP contribution in [-0.2, 0) is 35.8 Å². The van der Waals surface area contributed by atoms with Gasteiger partial charge in [0.2, 0.25) is 0 Å². The van der Waals surface area contributed by atoms with E-state index in [0.717, 1.165) is 52.0 Å². The zero-order chi connectivity index (χ0) is 34.1. The summed E-state index contributed by atoms with van der Waals surface area (Å²) in [5, 5.41) is 2.36. The quantitative estimate of drug-likeness (QED) is 0.0520. The fourth-order valence-corrected chi connectivity index (χ4v) is 4.61. The van der Waals surface area contributed by atoms with Crippen molar-refractivity contribution in [3.05, 3.63) is 70.8 Å². The minimum absolute atomic E-state index is 0.704. The average molecular weight is 676 g/mol. The van der Waals surface area contributed by atoms with E-state index in [2.05, 4.69) is 65.7 Å². The molecular formula is C36H52F6NO2P. The van der Waals surface area contributed by atoms with E-state index in [4.69, 9.17) is 22.3 Å². The summed E-state index contributed by atoms with van der Waals surface area (Å²) in [5.41, 5.74) is 5.20. The van der Waals surface area contributed by atoms with Crippen LogP contribution in [-0.4, -0.2) is 13.2 Å². The second kappa shape index (κ2) is 22.1. The Hall–Kier alpha value is -2.55. The van der Waals surface area contributed by atoms with Crippen molar-refractivity contribution in [3.8, 4) is 24.7 Å². The van der Waals surface area contributed by atoms with Crippen LogP contribution in [0.5, 0.6) is 0 Å². The molecule has 3 nitrogen and oxygen atoms in total. The fourth-order valence-electron chi connectivity index (χ4n) is 4.61. The Morgan fingerprint density at radius 1 is 0.478 bits per heavy atom. The van der Waals surface area contributed by atoms with Crippen LogP contribution in [0.1, 0.15) is 112 Å². The van der Waals surface area contributed by atoms with Gasteiger partial charge in [-0.05, 0) is 36.8 Å². The molecule has 0 amide bonds. The van der Waals surface area contributed by atoms with E-state index in [1.54, 1.807) is 0 Å². The van der Waals surface area contributed by atoms with Crippen molar-refractivity contribution >= 4 is 7.81 Å². The number of hydrogen-bond acceptors (Lipinski definition) is 2. The molecule has 260 valence electrons. The Morgan fingerprint density at radius 2 is 0.761 bits per heavy atom. The van der Waals surface area contributed by atoms with Gasteiger partial charge in [-0.1, -0.05) is 99.9 Å². The standard InChI is InChI=1S/C36H51NO2.F6P/c1-3-5-7-9-11-13-15-17-27-38-31-35-23-19-33(20-24-35)29-37-30-34-21-25-36(26-22-34)32-39-28-18-16-14-12-10-8-6-4-2;1-7(2,3,4,5)6/h1-2,19-26,37H,5-18,27-32H2;/q;-1/p+1. The molecule has 46 heavy (non-hydrogen) atoms. The number of rotatable bonds is 24. The van der Waals surface area contributed by atoms with Crippen LogP contribution < -0.4 is 5.32 Å². The number of hydrogen-bond donors (Lipinski definition) is 1. The molecule has 0 bridgehead atoms. The molecule has 0 spiro atoms. The van der Waals surface area contributed by atoms with Gasteiger partial charge >= 0.3 is 33.0 Å². The topological polar surface area (TPSA) is 35.1 Å². The van der Waals surface area contributed by atoms with E-state index in [-0.39, 0.29) is 0 Å². The van der Waals surface area contributed by atoms with Crippen molar-refractivity contribution in [2.45, 2.75) is 116 Å². The minimum atomic E-state index is -10.7. The van der Waals surface area contributed by atoms with Gasteiger partial charge in [0.1, 0.15) is 13.1 Å². The summed E-state index contributed by atoms with van der Waals surface area (Å²) in [5.74, 6) is 5.42. The number of nitrogens with two attached hydrogens (primary N) is 1. The number of ether oxygens (including phenoxy) is 2. The van der Waals surface area contributed by atoms with Gasteiger partial charge in [0.05, 0.1) is 13.2 Å². The molecule has 0 aliphatic carbocycles. The Labute approximate surface area is 272 Å². The first-order valence-corrected chi connectivity index (χ1v) is 18.4. The Balaban J connectivity index is 0.00000135. The molecule has 0 saturated carbocycles. The van der Waals surface area contributed by atoms with Gasteiger partial charge in [0, 0.05) is 37.2 Å². The van der Waals surface area contributed by atoms with Crippen molar-refractivity contribution in [3.63, 3.8) is 0 Å². The number of terminal acetylenes is 2. The predicted octanol–water partition coefficient (Wildman–Crippen LogP) is 11.1. The summed E-state index contributed by atoms with van der Waals surface area (Å²) < 4.78 is 70.9. The Bertz CT molecular complexity index is 1050. The average Bonchev–Trinajstić information content (AvgIpc) is 2.99. The molecule has 0 aromatic heterocycles. The summed E-state index contributed by atoms with van der Waals surface area (Å²) in [6, 6.07) is 17.7. The third-order valence-electron chi connectivity index (χ3n) is 7.06. The molecule has 0 radical (unpaired) electrons. The summed E-state index contributed by atoms with van der Waals surface area (Å²) >= 11 is 0. The van der Waals surface area contributed by atoms with Crippen molar-refractivity contribution in [1.29, 1.82) is 0 Å². The van der Waals surface area contributed by atoms with E-state index in [1.807, 2.05) is 0 Å². The summed E-state index contributed by atoms with van der Waals surface area (Å²) in [4.78, 5) is 0. The predicted molar refractivity (Wildman–Crippen MR) is 177 cm³/mol. The van der Waals surface area contributed by atoms with Gasteiger partial charge < -0.3 is 14.8 Å². The zero-order valence-electron chi connectivity index (χ0n) is 27.0. The summed E-state index contributed by atoms with van der Waals surface area (Å²) in [6.07, 6.45) is 27.2. The molecule has 0 saturated heterocycles. The van der Waals surface area contributed by atoms with Crippen LogP contribution in [0.3, 0.4) is 0 Å². The second-order valence-corrected chi connectivity index (χ2v) is 13.5. The maximum atomic E-state index is 9.87. The normalized spacial score (nSPS) is 12.7. The van der Waals surface area contributed by atoms with Crippen molar-refractivity contribution < 1.29 is 40.0 Å². The van der Waals surface area contributed by atoms with Crippen molar-refractivity contribution in [1.82, 2.24) is 0 Å². The third kappa shape index (κ3) is 30.1. The molecule has 0 heterocycles. The third-order valence-corrected chi connectivity index (χ3v) is 7.06. The van der Waals surface area contributed by atoms with Crippen LogP contribution in [0.4, 0.5) is 25.2 Å². The molecule has 10 heteroatoms. The molecule has 0 fully saturated rings. The van der Waals surface area contributed by atoms with E-state index >= 15 is 0 Å². The molecule has 2 aromatic carbocycles. The number of unbranched alkanes of at least 4 members (excludes halogenated alkanes) is 12. The monoisotopic (exact) mass is 675 g/mol. The first-order chi connectivity index (χ1) is 21.8. The molecule has 0 unspecified atom stereocenters. The second-order valence-electron chi connectivity index (χ2n) is 11.5. The van der Waals surface area contributed by atoms with E-state index in [0.29, 0.717) is 13.2 Å². The van der Waals surface area contributed by atoms with Crippen LogP contribution in [0.25, 0.3) is 0 Å². The number of quaternary nitrogens is 1. The first-order valence-electron chi connectivity index (χ1n) is 16.3. The van der Waals surface area contributed by atoms with E-state index in [1.165, 1.54) is 86.5 Å². The number of benzene rings is 2. The molecule has 2 aromatic rings. The van der Waals surface area contributed by atoms with E-state index in [9.17, 15) is 25.2 Å². The number of halogens is 6. The van der Waals surface area contributed by atoms with E-state index < -0.39 is 7.81 Å². The zero-order valence-corrected chi connectivity index (χ0v) is 27.9. The molecule has 2 N–H and O–H groups in total. The van der Waals surface area contributed by atoms with Gasteiger partial charge in [-0.15, -0.1) is 24.7 Å². The summed E-state index contributed by atoms with van der Waals surface area (Å²) in [7, 11) is -10.7. The van der Waals surface area contributed by atoms with Gasteiger partial charge in [-0.3, -0.25) is 0 Å². The Kier molecular flexibility index (Phi) is 19.9. The molecule has 0 aliphatic rings. The molecule has 0 atom stereocenters. The van der Waals surface area contributed by atoms with Crippen molar-refractivity contribution in [2.75, 3.05) is 13.2 Å². The van der Waals surface area contributed by atoms with Crippen LogP contribution in [0, 0.1) is 24.7 Å². The van der Waals surface area contributed by atoms with Gasteiger partial charge in [0.25, 0.3) is 0 Å². The van der Waals surface area contributed by atoms with Gasteiger partial charge in [0.15, 0.2) is 0 Å². The van der Waals surface area contributed by atoms with Crippen molar-refractivity contribution in [2.24, 2.45) is 0 Å². The first kappa shape index (κ1) is 41.5. The maximum absolute atomic E-state index is 10.7. The summed E-state index contributed by atoms with van der Waals surface area (Å²) in [6.45, 7) is 5.07. The molecule has 0 aliphatic heterocycles. The molecular weight excluding hydrogens is 623 g/mol.